The topological polar surface area (TPSA) is 34.1 Å². The minimum absolute atomic E-state index is 0.0280. The molecule has 0 amide bonds. The molecule has 0 heterocycles. The Bertz CT molecular complexity index is 200. The summed E-state index contributed by atoms with van der Waals surface area (Å²) in [6.45, 7) is 9.36. The van der Waals surface area contributed by atoms with E-state index in [4.69, 9.17) is 6.92 Å². The van der Waals surface area contributed by atoms with Crippen LogP contribution in [0.25, 0.3) is 0 Å². The fourth-order valence-electron chi connectivity index (χ4n) is 1.63. The van der Waals surface area contributed by atoms with Crippen LogP contribution in [0.4, 0.5) is 0 Å². The molecule has 12 heavy (non-hydrogen) atoms. The predicted octanol–water partition coefficient (Wildman–Crippen LogP) is 1.52. The molecule has 0 aromatic heterocycles. The van der Waals surface area contributed by atoms with E-state index in [1.165, 1.54) is 0 Å². The third kappa shape index (κ3) is 1.57. The van der Waals surface area contributed by atoms with E-state index in [1.807, 2.05) is 13.8 Å². The molecule has 1 saturated carbocycles. The van der Waals surface area contributed by atoms with Gasteiger partial charge in [-0.2, -0.15) is 0 Å². The van der Waals surface area contributed by atoms with Gasteiger partial charge in [0.2, 0.25) is 0 Å². The van der Waals surface area contributed by atoms with Gasteiger partial charge in [-0.15, -0.1) is 0 Å². The average molecular weight is 166 g/mol. The van der Waals surface area contributed by atoms with Crippen LogP contribution in [-0.2, 0) is 9.59 Å². The maximum atomic E-state index is 11.4. The van der Waals surface area contributed by atoms with Gasteiger partial charge < -0.3 is 4.79 Å². The van der Waals surface area contributed by atoms with E-state index in [-0.39, 0.29) is 17.6 Å². The van der Waals surface area contributed by atoms with Gasteiger partial charge in [-0.1, -0.05) is 13.8 Å². The first-order valence-electron chi connectivity index (χ1n) is 4.27. The van der Waals surface area contributed by atoms with E-state index in [9.17, 15) is 9.59 Å². The molecule has 2 nitrogen and oxygen atoms in total. The number of rotatable bonds is 3. The second kappa shape index (κ2) is 3.00. The lowest BCUT2D eigenvalue weighted by molar-refractivity contribution is -0.135. The van der Waals surface area contributed by atoms with Gasteiger partial charge in [0, 0.05) is 17.3 Å². The molecule has 0 spiro atoms. The summed E-state index contributed by atoms with van der Waals surface area (Å²) in [6.07, 6.45) is 1.83. The standard InChI is InChI=1S/C10H14O2/c1-7(2)9(12)8-4-10(3,5-8)6-11/h3,6-8H,4-5H2,1-2H3. The molecule has 0 aromatic rings. The number of carbonyl (C=O) groups excluding carboxylic acids is 2. The summed E-state index contributed by atoms with van der Waals surface area (Å²) in [4.78, 5) is 21.8. The normalized spacial score (nSPS) is 34.5. The summed E-state index contributed by atoms with van der Waals surface area (Å²) in [5.74, 6) is 0.323. The Hall–Kier alpha value is -0.660. The molecule has 1 fully saturated rings. The van der Waals surface area contributed by atoms with Crippen LogP contribution in [0.2, 0.25) is 0 Å². The summed E-state index contributed by atoms with van der Waals surface area (Å²) in [5.41, 5.74) is -0.699. The SMILES string of the molecule is [CH]C1(C=O)CC(C(=O)C(C)C)C1. The first kappa shape index (κ1) is 9.43. The third-order valence-corrected chi connectivity index (χ3v) is 2.46. The molecule has 2 heteroatoms. The fraction of sp³-hybridized carbons (Fsp3) is 0.700. The lowest BCUT2D eigenvalue weighted by atomic mass is 9.61. The molecule has 2 radical (unpaired) electrons. The fourth-order valence-corrected chi connectivity index (χ4v) is 1.63. The van der Waals surface area contributed by atoms with Crippen molar-refractivity contribution in [2.75, 3.05) is 0 Å². The van der Waals surface area contributed by atoms with Crippen LogP contribution in [0.5, 0.6) is 0 Å². The van der Waals surface area contributed by atoms with Crippen molar-refractivity contribution in [3.05, 3.63) is 6.92 Å². The maximum absolute atomic E-state index is 11.4. The summed E-state index contributed by atoms with van der Waals surface area (Å²) < 4.78 is 0. The smallest absolute Gasteiger partial charge is 0.138 e. The van der Waals surface area contributed by atoms with Gasteiger partial charge in [0.15, 0.2) is 0 Å². The van der Waals surface area contributed by atoms with Crippen LogP contribution in [0, 0.1) is 24.2 Å². The van der Waals surface area contributed by atoms with Gasteiger partial charge in [-0.3, -0.25) is 4.79 Å². The van der Waals surface area contributed by atoms with Gasteiger partial charge in [-0.05, 0) is 19.8 Å². The highest BCUT2D eigenvalue weighted by atomic mass is 16.1. The summed E-state index contributed by atoms with van der Waals surface area (Å²) in [6, 6.07) is 0. The van der Waals surface area contributed by atoms with Gasteiger partial charge in [0.25, 0.3) is 0 Å². The molecule has 0 aliphatic heterocycles. The zero-order chi connectivity index (χ0) is 9.35. The molecule has 0 unspecified atom stereocenters. The Balaban J connectivity index is 2.44. The minimum Gasteiger partial charge on any atom is -0.303 e. The van der Waals surface area contributed by atoms with Gasteiger partial charge in [-0.25, -0.2) is 0 Å². The van der Waals surface area contributed by atoms with Crippen LogP contribution in [0.1, 0.15) is 26.7 Å². The summed E-state index contributed by atoms with van der Waals surface area (Å²) >= 11 is 0. The van der Waals surface area contributed by atoms with Crippen LogP contribution >= 0.6 is 0 Å². The Morgan fingerprint density at radius 1 is 1.58 bits per heavy atom. The number of carbonyl (C=O) groups is 2. The largest absolute Gasteiger partial charge is 0.303 e. The first-order chi connectivity index (χ1) is 5.48. The number of hydrogen-bond donors (Lipinski definition) is 0. The van der Waals surface area contributed by atoms with Crippen molar-refractivity contribution in [2.24, 2.45) is 17.3 Å². The molecular formula is C10H14O2. The Morgan fingerprint density at radius 2 is 2.08 bits per heavy atom. The van der Waals surface area contributed by atoms with Crippen LogP contribution in [0.3, 0.4) is 0 Å². The van der Waals surface area contributed by atoms with E-state index >= 15 is 0 Å². The zero-order valence-electron chi connectivity index (χ0n) is 7.54. The van der Waals surface area contributed by atoms with Gasteiger partial charge in [0.05, 0.1) is 0 Å². The highest BCUT2D eigenvalue weighted by Crippen LogP contribution is 2.44. The zero-order valence-corrected chi connectivity index (χ0v) is 7.54. The van der Waals surface area contributed by atoms with E-state index in [2.05, 4.69) is 0 Å². The molecule has 0 atom stereocenters. The van der Waals surface area contributed by atoms with Crippen molar-refractivity contribution in [1.82, 2.24) is 0 Å². The van der Waals surface area contributed by atoms with Gasteiger partial charge in [0.1, 0.15) is 12.1 Å². The van der Waals surface area contributed by atoms with Crippen molar-refractivity contribution in [2.45, 2.75) is 26.7 Å². The highest BCUT2D eigenvalue weighted by Gasteiger charge is 2.44. The lowest BCUT2D eigenvalue weighted by Crippen LogP contribution is -2.41. The Kier molecular flexibility index (Phi) is 2.36. The molecule has 0 saturated heterocycles. The van der Waals surface area contributed by atoms with Crippen LogP contribution in [-0.4, -0.2) is 12.1 Å². The maximum Gasteiger partial charge on any atom is 0.138 e. The van der Waals surface area contributed by atoms with Crippen molar-refractivity contribution in [3.63, 3.8) is 0 Å². The van der Waals surface area contributed by atoms with Crippen molar-refractivity contribution < 1.29 is 9.59 Å². The molecule has 1 aliphatic carbocycles. The number of ketones is 1. The second-order valence-corrected chi connectivity index (χ2v) is 4.01. The van der Waals surface area contributed by atoms with E-state index < -0.39 is 5.41 Å². The van der Waals surface area contributed by atoms with Crippen molar-refractivity contribution in [1.29, 1.82) is 0 Å². The van der Waals surface area contributed by atoms with Crippen LogP contribution < -0.4 is 0 Å². The number of aldehydes is 1. The van der Waals surface area contributed by atoms with Gasteiger partial charge >= 0.3 is 0 Å². The molecule has 1 rings (SSSR count). The molecule has 1 aliphatic rings. The van der Waals surface area contributed by atoms with E-state index in [1.54, 1.807) is 0 Å². The number of hydrogen-bond acceptors (Lipinski definition) is 2. The number of Topliss-reactive ketones (excluding diaryl/α,β-unsaturated/α-hetero) is 1. The monoisotopic (exact) mass is 166 g/mol. The summed E-state index contributed by atoms with van der Waals surface area (Å²) in [7, 11) is 0. The first-order valence-corrected chi connectivity index (χ1v) is 4.27. The summed E-state index contributed by atoms with van der Waals surface area (Å²) in [5, 5.41) is 0. The Morgan fingerprint density at radius 3 is 2.42 bits per heavy atom. The molecular weight excluding hydrogens is 152 g/mol. The highest BCUT2D eigenvalue weighted by molar-refractivity contribution is 5.85. The van der Waals surface area contributed by atoms with Crippen molar-refractivity contribution in [3.8, 4) is 0 Å². The van der Waals surface area contributed by atoms with Crippen molar-refractivity contribution >= 4 is 12.1 Å². The minimum atomic E-state index is -0.699. The average Bonchev–Trinajstić information content (AvgIpc) is 1.97. The molecule has 66 valence electrons. The molecule has 0 aromatic carbocycles. The molecule has 0 N–H and O–H groups in total. The quantitative estimate of drug-likeness (QED) is 0.596. The van der Waals surface area contributed by atoms with Crippen LogP contribution in [0.15, 0.2) is 0 Å². The molecule has 0 bridgehead atoms. The second-order valence-electron chi connectivity index (χ2n) is 4.01. The van der Waals surface area contributed by atoms with E-state index in [0.717, 1.165) is 6.29 Å². The Labute approximate surface area is 73.3 Å². The predicted molar refractivity (Wildman–Crippen MR) is 45.4 cm³/mol. The van der Waals surface area contributed by atoms with E-state index in [0.29, 0.717) is 12.8 Å². The lowest BCUT2D eigenvalue weighted by Gasteiger charge is -2.40. The third-order valence-electron chi connectivity index (χ3n) is 2.46.